The Labute approximate surface area is 359 Å². The molecule has 0 amide bonds. The van der Waals surface area contributed by atoms with Crippen LogP contribution in [0.3, 0.4) is 0 Å². The van der Waals surface area contributed by atoms with Gasteiger partial charge in [0.25, 0.3) is 7.79 Å². The van der Waals surface area contributed by atoms with Crippen molar-refractivity contribution in [3.8, 4) is 44.5 Å². The minimum atomic E-state index is -5.47. The van der Waals surface area contributed by atoms with Crippen molar-refractivity contribution in [2.24, 2.45) is 0 Å². The predicted molar refractivity (Wildman–Crippen MR) is 199 cm³/mol. The highest BCUT2D eigenvalue weighted by Gasteiger charge is 2.41. The maximum absolute atomic E-state index is 14.2. The van der Waals surface area contributed by atoms with Gasteiger partial charge in [0, 0.05) is 45.2 Å². The summed E-state index contributed by atoms with van der Waals surface area (Å²) in [6.45, 7) is 0. The summed E-state index contributed by atoms with van der Waals surface area (Å²) in [5, 5.41) is 0. The quantitative estimate of drug-likeness (QED) is 0.130. The van der Waals surface area contributed by atoms with Crippen LogP contribution in [0.1, 0.15) is 33.4 Å². The molecule has 0 spiro atoms. The second-order valence-corrected chi connectivity index (χ2v) is 15.0. The molecule has 0 radical (unpaired) electrons. The van der Waals surface area contributed by atoms with E-state index in [0.29, 0.717) is 24.3 Å². The molecule has 24 heteroatoms. The smallest absolute Gasteiger partial charge is 0.416 e. The Morgan fingerprint density at radius 3 is 0.871 bits per heavy atom. The SMILES string of the molecule is FC(F)(F)c1cc(-c2cc(C(F)(F)F)ccc2-c2c3nc(I)oc3c(-c3ccc(C(F)(F)F)cc3-c3cc(C(F)(F)F)cc(C(F)(F)F)c3)c3nc(I)oc23)cc(C(F)(F)F)c1. The zero-order valence-corrected chi connectivity index (χ0v) is 33.5. The lowest BCUT2D eigenvalue weighted by Gasteiger charge is -2.19. The highest BCUT2D eigenvalue weighted by molar-refractivity contribution is 14.1. The number of rotatable bonds is 4. The molecule has 0 unspecified atom stereocenters. The van der Waals surface area contributed by atoms with Crippen LogP contribution < -0.4 is 0 Å². The number of alkyl halides is 18. The van der Waals surface area contributed by atoms with Gasteiger partial charge < -0.3 is 8.83 Å². The molecule has 0 N–H and O–H groups in total. The van der Waals surface area contributed by atoms with E-state index in [1.165, 1.54) is 45.2 Å². The number of aromatic nitrogens is 2. The van der Waals surface area contributed by atoms with E-state index in [4.69, 9.17) is 8.83 Å². The molecule has 62 heavy (non-hydrogen) atoms. The third kappa shape index (κ3) is 8.63. The maximum atomic E-state index is 14.2. The number of hydrogen-bond donors (Lipinski definition) is 0. The minimum Gasteiger partial charge on any atom is -0.431 e. The first-order valence-electron chi connectivity index (χ1n) is 16.4. The van der Waals surface area contributed by atoms with Crippen molar-refractivity contribution in [1.82, 2.24) is 9.97 Å². The first-order valence-corrected chi connectivity index (χ1v) is 18.6. The third-order valence-corrected chi connectivity index (χ3v) is 10.1. The van der Waals surface area contributed by atoms with Gasteiger partial charge >= 0.3 is 37.1 Å². The van der Waals surface area contributed by atoms with Gasteiger partial charge in [0.2, 0.25) is 0 Å². The van der Waals surface area contributed by atoms with E-state index in [-0.39, 0.29) is 56.3 Å². The fraction of sp³-hybridized carbons (Fsp3) is 0.158. The standard InChI is InChI=1S/C38H12F18I2N2O2/c39-33(40,41)15-1-3-21(23(11-15)13-5-17(35(45,46)47)9-18(6-13)36(48,49)50)25-27-30(62-31(57)59-27)26(28-29(25)61-32(58)60-28)22-4-2-16(34(42,43)44)12-24(22)14-7-19(37(51,52)53)10-20(8-14)38(54,55)56/h1-12H. The van der Waals surface area contributed by atoms with Crippen LogP contribution in [0.5, 0.6) is 0 Å². The summed E-state index contributed by atoms with van der Waals surface area (Å²) in [4.78, 5) is 8.35. The van der Waals surface area contributed by atoms with Gasteiger partial charge in [0.05, 0.1) is 44.5 Å². The van der Waals surface area contributed by atoms with Crippen LogP contribution in [0.15, 0.2) is 81.6 Å². The number of nitrogens with zero attached hydrogens (tertiary/aromatic N) is 2. The molecule has 0 saturated carbocycles. The van der Waals surface area contributed by atoms with Crippen LogP contribution in [0, 0.1) is 7.79 Å². The van der Waals surface area contributed by atoms with Gasteiger partial charge in [0.15, 0.2) is 11.2 Å². The van der Waals surface area contributed by atoms with E-state index in [1.54, 1.807) is 0 Å². The lowest BCUT2D eigenvalue weighted by atomic mass is 9.86. The summed E-state index contributed by atoms with van der Waals surface area (Å²) in [6.07, 6.45) is -32.4. The molecule has 0 fully saturated rings. The van der Waals surface area contributed by atoms with Gasteiger partial charge in [-0.1, -0.05) is 12.1 Å². The van der Waals surface area contributed by atoms with Crippen molar-refractivity contribution in [1.29, 1.82) is 0 Å². The summed E-state index contributed by atoms with van der Waals surface area (Å²) in [5.74, 6) is 0. The van der Waals surface area contributed by atoms with Crippen LogP contribution in [-0.2, 0) is 37.1 Å². The Hall–Kier alpha value is -4.76. The van der Waals surface area contributed by atoms with Crippen LogP contribution in [0.25, 0.3) is 66.7 Å². The summed E-state index contributed by atoms with van der Waals surface area (Å²) < 4.78 is 264. The lowest BCUT2D eigenvalue weighted by Crippen LogP contribution is -2.11. The van der Waals surface area contributed by atoms with Gasteiger partial charge in [-0.3, -0.25) is 0 Å². The normalized spacial score (nSPS) is 13.5. The summed E-state index contributed by atoms with van der Waals surface area (Å²) >= 11 is 2.87. The van der Waals surface area contributed by atoms with Crippen molar-refractivity contribution in [3.05, 3.63) is 114 Å². The Bertz CT molecular complexity index is 2600. The second kappa shape index (κ2) is 14.9. The average Bonchev–Trinajstić information content (AvgIpc) is 3.71. The molecule has 0 bridgehead atoms. The molecule has 2 aromatic heterocycles. The topological polar surface area (TPSA) is 52.1 Å². The zero-order valence-electron chi connectivity index (χ0n) is 29.2. The third-order valence-electron chi connectivity index (χ3n) is 9.16. The fourth-order valence-corrected chi connectivity index (χ4v) is 7.48. The highest BCUT2D eigenvalue weighted by Crippen LogP contribution is 2.51. The molecule has 326 valence electrons. The number of hydrogen-bond acceptors (Lipinski definition) is 4. The van der Waals surface area contributed by atoms with E-state index in [1.807, 2.05) is 0 Å². The largest absolute Gasteiger partial charge is 0.431 e. The first kappa shape index (κ1) is 45.3. The molecule has 0 atom stereocenters. The van der Waals surface area contributed by atoms with Gasteiger partial charge in [-0.25, -0.2) is 9.97 Å². The zero-order chi connectivity index (χ0) is 45.9. The average molecular weight is 1120 g/mol. The monoisotopic (exact) mass is 1120 g/mol. The molecular weight excluding hydrogens is 1110 g/mol. The van der Waals surface area contributed by atoms with Gasteiger partial charge in [-0.15, -0.1) is 0 Å². The summed E-state index contributed by atoms with van der Waals surface area (Å²) in [6, 6.07) is 2.64. The Kier molecular flexibility index (Phi) is 10.9. The van der Waals surface area contributed by atoms with Crippen molar-refractivity contribution in [3.63, 3.8) is 0 Å². The van der Waals surface area contributed by atoms with E-state index < -0.39 is 137 Å². The van der Waals surface area contributed by atoms with Crippen molar-refractivity contribution in [2.75, 3.05) is 0 Å². The Morgan fingerprint density at radius 1 is 0.339 bits per heavy atom. The molecular formula is C38H12F18I2N2O2. The minimum absolute atomic E-state index is 0.145. The van der Waals surface area contributed by atoms with Gasteiger partial charge in [-0.2, -0.15) is 79.0 Å². The molecule has 7 aromatic rings. The van der Waals surface area contributed by atoms with Gasteiger partial charge in [0.1, 0.15) is 11.0 Å². The Morgan fingerprint density at radius 2 is 0.613 bits per heavy atom. The van der Waals surface area contributed by atoms with Crippen LogP contribution in [-0.4, -0.2) is 9.97 Å². The first-order chi connectivity index (χ1) is 28.3. The number of halogens is 20. The van der Waals surface area contributed by atoms with Crippen LogP contribution >= 0.6 is 45.2 Å². The molecule has 0 aliphatic heterocycles. The van der Waals surface area contributed by atoms with E-state index in [9.17, 15) is 79.0 Å². The highest BCUT2D eigenvalue weighted by atomic mass is 127. The molecule has 4 nitrogen and oxygen atoms in total. The molecule has 0 aliphatic rings. The molecule has 0 saturated heterocycles. The lowest BCUT2D eigenvalue weighted by molar-refractivity contribution is -0.144. The van der Waals surface area contributed by atoms with Crippen molar-refractivity contribution < 1.29 is 87.9 Å². The second-order valence-electron chi connectivity index (χ2n) is 13.1. The van der Waals surface area contributed by atoms with Crippen LogP contribution in [0.2, 0.25) is 0 Å². The van der Waals surface area contributed by atoms with E-state index in [2.05, 4.69) is 9.97 Å². The van der Waals surface area contributed by atoms with Crippen LogP contribution in [0.4, 0.5) is 79.0 Å². The Balaban J connectivity index is 1.63. The number of oxazole rings is 2. The van der Waals surface area contributed by atoms with Crippen molar-refractivity contribution in [2.45, 2.75) is 37.1 Å². The van der Waals surface area contributed by atoms with E-state index in [0.717, 1.165) is 0 Å². The molecule has 0 aliphatic carbocycles. The molecule has 5 aromatic carbocycles. The molecule has 7 rings (SSSR count). The summed E-state index contributed by atoms with van der Waals surface area (Å²) in [5.41, 5.74) is -19.2. The predicted octanol–water partition coefficient (Wildman–Crippen LogP) is 16.0. The molecule has 2 heterocycles. The van der Waals surface area contributed by atoms with E-state index >= 15 is 0 Å². The maximum Gasteiger partial charge on any atom is 0.416 e. The number of fused-ring (bicyclic) bond motifs is 2. The fourth-order valence-electron chi connectivity index (χ4n) is 6.56. The number of benzene rings is 5. The summed E-state index contributed by atoms with van der Waals surface area (Å²) in [7, 11) is 0. The van der Waals surface area contributed by atoms with Gasteiger partial charge in [-0.05, 0) is 94.0 Å². The van der Waals surface area contributed by atoms with Crippen molar-refractivity contribution >= 4 is 67.4 Å².